The van der Waals surface area contributed by atoms with Gasteiger partial charge in [0.15, 0.2) is 11.6 Å². The van der Waals surface area contributed by atoms with Crippen molar-refractivity contribution in [3.05, 3.63) is 65.5 Å². The third-order valence-electron chi connectivity index (χ3n) is 4.65. The van der Waals surface area contributed by atoms with E-state index in [1.54, 1.807) is 6.92 Å². The highest BCUT2D eigenvalue weighted by molar-refractivity contribution is 7.92. The van der Waals surface area contributed by atoms with Gasteiger partial charge in [0.05, 0.1) is 11.9 Å². The van der Waals surface area contributed by atoms with E-state index in [0.717, 1.165) is 23.3 Å². The van der Waals surface area contributed by atoms with Crippen molar-refractivity contribution in [2.24, 2.45) is 0 Å². The maximum Gasteiger partial charge on any atom is 0.244 e. The molecule has 11 heteroatoms. The third kappa shape index (κ3) is 6.46. The fourth-order valence-corrected chi connectivity index (χ4v) is 3.79. The predicted molar refractivity (Wildman–Crippen MR) is 114 cm³/mol. The number of rotatable bonds is 9. The number of amides is 2. The molecular formula is C21H24F3N3O4S. The molecule has 0 spiro atoms. The third-order valence-corrected chi connectivity index (χ3v) is 5.80. The van der Waals surface area contributed by atoms with E-state index in [4.69, 9.17) is 0 Å². The first-order chi connectivity index (χ1) is 14.9. The quantitative estimate of drug-likeness (QED) is 0.609. The largest absolute Gasteiger partial charge is 0.355 e. The minimum absolute atomic E-state index is 0.104. The summed E-state index contributed by atoms with van der Waals surface area (Å²) in [6, 6.07) is 6.72. The van der Waals surface area contributed by atoms with Crippen LogP contribution in [0.25, 0.3) is 0 Å². The lowest BCUT2D eigenvalue weighted by molar-refractivity contribution is -0.139. The van der Waals surface area contributed by atoms with Gasteiger partial charge in [0, 0.05) is 19.2 Å². The molecular weight excluding hydrogens is 447 g/mol. The summed E-state index contributed by atoms with van der Waals surface area (Å²) < 4.78 is 65.5. The second-order valence-electron chi connectivity index (χ2n) is 7.09. The number of nitrogens with one attached hydrogen (secondary N) is 1. The predicted octanol–water partition coefficient (Wildman–Crippen LogP) is 2.42. The van der Waals surface area contributed by atoms with Crippen molar-refractivity contribution in [2.75, 3.05) is 23.7 Å². The molecule has 0 heterocycles. The zero-order chi connectivity index (χ0) is 24.1. The van der Waals surface area contributed by atoms with Crippen molar-refractivity contribution < 1.29 is 31.2 Å². The number of anilines is 1. The fraction of sp³-hybridized carbons (Fsp3) is 0.333. The van der Waals surface area contributed by atoms with E-state index in [1.807, 2.05) is 0 Å². The molecule has 2 aromatic carbocycles. The molecule has 0 radical (unpaired) electrons. The molecule has 0 saturated carbocycles. The van der Waals surface area contributed by atoms with Crippen LogP contribution in [0.5, 0.6) is 0 Å². The van der Waals surface area contributed by atoms with Crippen molar-refractivity contribution in [1.82, 2.24) is 10.2 Å². The van der Waals surface area contributed by atoms with Crippen molar-refractivity contribution in [1.29, 1.82) is 0 Å². The molecule has 1 unspecified atom stereocenters. The number of carbonyl (C=O) groups is 2. The van der Waals surface area contributed by atoms with Crippen LogP contribution in [-0.4, -0.2) is 50.5 Å². The highest BCUT2D eigenvalue weighted by Crippen LogP contribution is 2.21. The lowest BCUT2D eigenvalue weighted by atomic mass is 10.1. The molecule has 0 fully saturated rings. The summed E-state index contributed by atoms with van der Waals surface area (Å²) in [5.74, 6) is -4.16. The summed E-state index contributed by atoms with van der Waals surface area (Å²) in [5.41, 5.74) is 0.266. The average Bonchev–Trinajstić information content (AvgIpc) is 2.72. The Morgan fingerprint density at radius 1 is 1.03 bits per heavy atom. The summed E-state index contributed by atoms with van der Waals surface area (Å²) in [4.78, 5) is 26.7. The number of hydrogen-bond donors (Lipinski definition) is 1. The molecule has 0 bridgehead atoms. The van der Waals surface area contributed by atoms with Gasteiger partial charge in [-0.05, 0) is 43.7 Å². The first-order valence-corrected chi connectivity index (χ1v) is 11.5. The molecule has 0 saturated heterocycles. The Kier molecular flexibility index (Phi) is 8.25. The monoisotopic (exact) mass is 471 g/mol. The summed E-state index contributed by atoms with van der Waals surface area (Å²) in [6.07, 6.45) is 0.819. The normalized spacial score (nSPS) is 12.2. The van der Waals surface area contributed by atoms with Crippen LogP contribution in [0.1, 0.15) is 19.4 Å². The standard InChI is InChI=1S/C21H24F3N3O4S/c1-4-25-21(29)14(2)26(12-15-5-7-16(22)8-6-15)20(28)13-27(32(3,30)31)17-9-10-18(23)19(24)11-17/h5-11,14H,4,12-13H2,1-3H3,(H,25,29). The number of benzene rings is 2. The van der Waals surface area contributed by atoms with Crippen molar-refractivity contribution >= 4 is 27.5 Å². The fourth-order valence-electron chi connectivity index (χ4n) is 2.94. The maximum atomic E-state index is 13.7. The topological polar surface area (TPSA) is 86.8 Å². The molecule has 2 amide bonds. The second-order valence-corrected chi connectivity index (χ2v) is 8.99. The van der Waals surface area contributed by atoms with Gasteiger partial charge in [-0.2, -0.15) is 0 Å². The Balaban J connectivity index is 2.39. The van der Waals surface area contributed by atoms with Crippen LogP contribution >= 0.6 is 0 Å². The highest BCUT2D eigenvalue weighted by Gasteiger charge is 2.30. The lowest BCUT2D eigenvalue weighted by Crippen LogP contribution is -2.51. The van der Waals surface area contributed by atoms with E-state index < -0.39 is 51.9 Å². The molecule has 7 nitrogen and oxygen atoms in total. The van der Waals surface area contributed by atoms with E-state index in [9.17, 15) is 31.2 Å². The Morgan fingerprint density at radius 3 is 2.19 bits per heavy atom. The van der Waals surface area contributed by atoms with Crippen molar-refractivity contribution in [3.8, 4) is 0 Å². The molecule has 2 rings (SSSR count). The molecule has 1 N–H and O–H groups in total. The van der Waals surface area contributed by atoms with Crippen LogP contribution in [-0.2, 0) is 26.2 Å². The van der Waals surface area contributed by atoms with E-state index in [2.05, 4.69) is 5.32 Å². The van der Waals surface area contributed by atoms with Gasteiger partial charge in [-0.1, -0.05) is 12.1 Å². The second kappa shape index (κ2) is 10.5. The van der Waals surface area contributed by atoms with Gasteiger partial charge in [0.25, 0.3) is 0 Å². The van der Waals surface area contributed by atoms with E-state index >= 15 is 0 Å². The smallest absolute Gasteiger partial charge is 0.244 e. The van der Waals surface area contributed by atoms with Gasteiger partial charge in [0.1, 0.15) is 18.4 Å². The molecule has 0 aromatic heterocycles. The zero-order valence-corrected chi connectivity index (χ0v) is 18.6. The van der Waals surface area contributed by atoms with Crippen molar-refractivity contribution in [3.63, 3.8) is 0 Å². The number of hydrogen-bond acceptors (Lipinski definition) is 4. The first-order valence-electron chi connectivity index (χ1n) is 9.68. The minimum Gasteiger partial charge on any atom is -0.355 e. The van der Waals surface area contributed by atoms with Gasteiger partial charge in [-0.25, -0.2) is 21.6 Å². The first kappa shape index (κ1) is 25.2. The number of nitrogens with zero attached hydrogens (tertiary/aromatic N) is 2. The highest BCUT2D eigenvalue weighted by atomic mass is 32.2. The Morgan fingerprint density at radius 2 is 1.66 bits per heavy atom. The molecule has 0 aliphatic carbocycles. The minimum atomic E-state index is -4.06. The Hall–Kier alpha value is -3.08. The van der Waals surface area contributed by atoms with E-state index in [-0.39, 0.29) is 12.2 Å². The van der Waals surface area contributed by atoms with E-state index in [1.165, 1.54) is 31.2 Å². The van der Waals surface area contributed by atoms with Crippen molar-refractivity contribution in [2.45, 2.75) is 26.4 Å². The molecule has 0 aliphatic rings. The van der Waals surface area contributed by atoms with Crippen LogP contribution in [0.15, 0.2) is 42.5 Å². The van der Waals surface area contributed by atoms with Crippen LogP contribution < -0.4 is 9.62 Å². The maximum absolute atomic E-state index is 13.7. The summed E-state index contributed by atoms with van der Waals surface area (Å²) in [5, 5.41) is 2.59. The van der Waals surface area contributed by atoms with Gasteiger partial charge in [0.2, 0.25) is 21.8 Å². The molecule has 32 heavy (non-hydrogen) atoms. The lowest BCUT2D eigenvalue weighted by Gasteiger charge is -2.31. The van der Waals surface area contributed by atoms with Crippen LogP contribution in [0.3, 0.4) is 0 Å². The summed E-state index contributed by atoms with van der Waals surface area (Å²) in [7, 11) is -4.06. The number of likely N-dealkylation sites (N-methyl/N-ethyl adjacent to an activating group) is 1. The van der Waals surface area contributed by atoms with E-state index in [0.29, 0.717) is 22.5 Å². The molecule has 174 valence electrons. The Labute approximate surface area is 184 Å². The average molecular weight is 472 g/mol. The Bertz CT molecular complexity index is 1080. The number of carbonyl (C=O) groups excluding carboxylic acids is 2. The van der Waals surface area contributed by atoms with Crippen LogP contribution in [0.4, 0.5) is 18.9 Å². The zero-order valence-electron chi connectivity index (χ0n) is 17.8. The summed E-state index contributed by atoms with van der Waals surface area (Å²) in [6.45, 7) is 2.62. The number of halogens is 3. The summed E-state index contributed by atoms with van der Waals surface area (Å²) >= 11 is 0. The van der Waals surface area contributed by atoms with Crippen LogP contribution in [0.2, 0.25) is 0 Å². The SMILES string of the molecule is CCNC(=O)C(C)N(Cc1ccc(F)cc1)C(=O)CN(c1ccc(F)c(F)c1)S(C)(=O)=O. The van der Waals surface area contributed by atoms with Crippen LogP contribution in [0, 0.1) is 17.5 Å². The van der Waals surface area contributed by atoms with Gasteiger partial charge in [-0.15, -0.1) is 0 Å². The number of sulfonamides is 1. The van der Waals surface area contributed by atoms with Gasteiger partial charge in [-0.3, -0.25) is 13.9 Å². The molecule has 0 aliphatic heterocycles. The van der Waals surface area contributed by atoms with Gasteiger partial charge >= 0.3 is 0 Å². The van der Waals surface area contributed by atoms with Gasteiger partial charge < -0.3 is 10.2 Å². The molecule has 1 atom stereocenters. The molecule has 2 aromatic rings.